The highest BCUT2D eigenvalue weighted by Crippen LogP contribution is 2.48. The van der Waals surface area contributed by atoms with Gasteiger partial charge in [-0.25, -0.2) is 22.7 Å². The van der Waals surface area contributed by atoms with E-state index in [0.717, 1.165) is 62.3 Å². The van der Waals surface area contributed by atoms with Crippen LogP contribution in [0.3, 0.4) is 0 Å². The van der Waals surface area contributed by atoms with Crippen LogP contribution >= 0.6 is 0 Å². The molecule has 2 saturated heterocycles. The molecule has 1 aromatic rings. The Morgan fingerprint density at radius 1 is 1.03 bits per heavy atom. The number of aryl methyl sites for hydroxylation is 1. The molecule has 0 N–H and O–H groups in total. The Morgan fingerprint density at radius 3 is 2.29 bits per heavy atom. The molecule has 35 heavy (non-hydrogen) atoms. The van der Waals surface area contributed by atoms with Gasteiger partial charge in [-0.15, -0.1) is 0 Å². The molecule has 11 heteroatoms. The van der Waals surface area contributed by atoms with E-state index in [1.807, 2.05) is 12.4 Å². The molecule has 0 bridgehead atoms. The lowest BCUT2D eigenvalue weighted by Gasteiger charge is -2.32. The van der Waals surface area contributed by atoms with E-state index in [-0.39, 0.29) is 19.0 Å². The monoisotopic (exact) mass is 518 g/mol. The number of alkyl halides is 3. The van der Waals surface area contributed by atoms with E-state index in [0.29, 0.717) is 25.4 Å². The SMILES string of the molecule is CCc1cnc(N2CCC([C@H]3C[C@H]3COCC3CCN(S(=O)(=O)CCC(F)(F)F)CC3)CC2)nc1. The third-order valence-electron chi connectivity index (χ3n) is 7.80. The Labute approximate surface area is 206 Å². The fourth-order valence-corrected chi connectivity index (χ4v) is 6.89. The van der Waals surface area contributed by atoms with Crippen molar-refractivity contribution in [1.29, 1.82) is 0 Å². The van der Waals surface area contributed by atoms with Gasteiger partial charge < -0.3 is 9.64 Å². The molecule has 3 fully saturated rings. The first kappa shape index (κ1) is 26.6. The molecule has 0 amide bonds. The maximum atomic E-state index is 12.4. The van der Waals surface area contributed by atoms with Gasteiger partial charge in [0.15, 0.2) is 0 Å². The Morgan fingerprint density at radius 2 is 1.69 bits per heavy atom. The molecule has 0 aromatic carbocycles. The van der Waals surface area contributed by atoms with Crippen molar-refractivity contribution in [2.75, 3.05) is 50.0 Å². The third-order valence-corrected chi connectivity index (χ3v) is 9.67. The highest BCUT2D eigenvalue weighted by atomic mass is 32.2. The first-order chi connectivity index (χ1) is 16.6. The second-order valence-corrected chi connectivity index (χ2v) is 12.4. The molecule has 1 aromatic heterocycles. The zero-order valence-electron chi connectivity index (χ0n) is 20.4. The summed E-state index contributed by atoms with van der Waals surface area (Å²) < 4.78 is 68.6. The number of hydrogen-bond acceptors (Lipinski definition) is 6. The number of aromatic nitrogens is 2. The van der Waals surface area contributed by atoms with Crippen LogP contribution in [0.5, 0.6) is 0 Å². The summed E-state index contributed by atoms with van der Waals surface area (Å²) in [4.78, 5) is 11.3. The maximum Gasteiger partial charge on any atom is 0.390 e. The molecule has 3 heterocycles. The van der Waals surface area contributed by atoms with Crippen molar-refractivity contribution < 1.29 is 26.3 Å². The minimum Gasteiger partial charge on any atom is -0.381 e. The third kappa shape index (κ3) is 7.52. The molecule has 1 saturated carbocycles. The molecule has 2 aliphatic heterocycles. The van der Waals surface area contributed by atoms with E-state index in [9.17, 15) is 21.6 Å². The van der Waals surface area contributed by atoms with E-state index in [4.69, 9.17) is 4.74 Å². The summed E-state index contributed by atoms with van der Waals surface area (Å²) in [6.45, 7) is 5.99. The van der Waals surface area contributed by atoms with Gasteiger partial charge in [0.1, 0.15) is 0 Å². The van der Waals surface area contributed by atoms with Gasteiger partial charge in [0, 0.05) is 51.8 Å². The molecular formula is C24H37F3N4O3S. The number of hydrogen-bond donors (Lipinski definition) is 0. The number of rotatable bonds is 10. The topological polar surface area (TPSA) is 75.6 Å². The molecular weight excluding hydrogens is 481 g/mol. The predicted octanol–water partition coefficient (Wildman–Crippen LogP) is 3.90. The van der Waals surface area contributed by atoms with Crippen LogP contribution in [0.25, 0.3) is 0 Å². The van der Waals surface area contributed by atoms with Crippen molar-refractivity contribution in [2.24, 2.45) is 23.7 Å². The van der Waals surface area contributed by atoms with E-state index in [1.54, 1.807) is 0 Å². The Bertz CT molecular complexity index is 913. The summed E-state index contributed by atoms with van der Waals surface area (Å²) >= 11 is 0. The average molecular weight is 519 g/mol. The molecule has 0 spiro atoms. The first-order valence-electron chi connectivity index (χ1n) is 12.8. The minimum atomic E-state index is -4.45. The quantitative estimate of drug-likeness (QED) is 0.468. The standard InChI is InChI=1S/C24H37F3N4O3S/c1-2-18-14-28-23(29-15-18)30-8-5-20(6-9-30)22-13-21(22)17-34-16-19-3-10-31(11-4-19)35(32,33)12-7-24(25,26)27/h14-15,19-22H,2-13,16-17H2,1H3/t21-,22+/m0/s1. The minimum absolute atomic E-state index is 0.267. The van der Waals surface area contributed by atoms with Crippen LogP contribution in [-0.2, 0) is 21.2 Å². The van der Waals surface area contributed by atoms with Crippen LogP contribution in [0, 0.1) is 23.7 Å². The van der Waals surface area contributed by atoms with Crippen LogP contribution in [0.15, 0.2) is 12.4 Å². The summed E-state index contributed by atoms with van der Waals surface area (Å²) in [5.74, 6) is 2.28. The normalized spacial score (nSPS) is 25.2. The molecule has 0 unspecified atom stereocenters. The fraction of sp³-hybridized carbons (Fsp3) is 0.833. The summed E-state index contributed by atoms with van der Waals surface area (Å²) in [6, 6.07) is 0. The molecule has 1 aliphatic carbocycles. The molecule has 4 rings (SSSR count). The molecule has 7 nitrogen and oxygen atoms in total. The lowest BCUT2D eigenvalue weighted by atomic mass is 9.91. The van der Waals surface area contributed by atoms with Gasteiger partial charge in [0.2, 0.25) is 16.0 Å². The highest BCUT2D eigenvalue weighted by Gasteiger charge is 2.44. The number of sulfonamides is 1. The van der Waals surface area contributed by atoms with Crippen LogP contribution in [0.4, 0.5) is 19.1 Å². The largest absolute Gasteiger partial charge is 0.390 e. The van der Waals surface area contributed by atoms with Gasteiger partial charge in [0.25, 0.3) is 0 Å². The molecule has 3 aliphatic rings. The Balaban J connectivity index is 1.10. The number of piperidine rings is 2. The van der Waals surface area contributed by atoms with Gasteiger partial charge in [-0.3, -0.25) is 0 Å². The number of ether oxygens (including phenoxy) is 1. The lowest BCUT2D eigenvalue weighted by molar-refractivity contribution is -0.130. The van der Waals surface area contributed by atoms with Crippen LogP contribution in [0.1, 0.15) is 51.0 Å². The summed E-state index contributed by atoms with van der Waals surface area (Å²) in [5, 5.41) is 0. The van der Waals surface area contributed by atoms with Gasteiger partial charge in [-0.05, 0) is 67.8 Å². The van der Waals surface area contributed by atoms with Crippen LogP contribution in [0.2, 0.25) is 0 Å². The molecule has 198 valence electrons. The van der Waals surface area contributed by atoms with E-state index < -0.39 is 28.4 Å². The second-order valence-electron chi connectivity index (χ2n) is 10.3. The zero-order chi connectivity index (χ0) is 25.1. The van der Waals surface area contributed by atoms with Gasteiger partial charge in [0.05, 0.1) is 12.2 Å². The summed E-state index contributed by atoms with van der Waals surface area (Å²) in [5.41, 5.74) is 1.15. The second kappa shape index (κ2) is 11.3. The van der Waals surface area contributed by atoms with Crippen molar-refractivity contribution in [3.63, 3.8) is 0 Å². The Hall–Kier alpha value is -1.46. The molecule has 0 radical (unpaired) electrons. The summed E-state index contributed by atoms with van der Waals surface area (Å²) in [6.07, 6.45) is 3.83. The van der Waals surface area contributed by atoms with Gasteiger partial charge in [-0.1, -0.05) is 6.92 Å². The first-order valence-corrected chi connectivity index (χ1v) is 14.4. The van der Waals surface area contributed by atoms with Crippen molar-refractivity contribution >= 4 is 16.0 Å². The predicted molar refractivity (Wildman–Crippen MR) is 128 cm³/mol. The molecule has 2 atom stereocenters. The van der Waals surface area contributed by atoms with Crippen LogP contribution < -0.4 is 4.90 Å². The fourth-order valence-electron chi connectivity index (χ4n) is 5.38. The van der Waals surface area contributed by atoms with Gasteiger partial charge >= 0.3 is 6.18 Å². The smallest absolute Gasteiger partial charge is 0.381 e. The van der Waals surface area contributed by atoms with E-state index in [1.165, 1.54) is 10.7 Å². The average Bonchev–Trinajstić information content (AvgIpc) is 3.62. The highest BCUT2D eigenvalue weighted by molar-refractivity contribution is 7.89. The zero-order valence-corrected chi connectivity index (χ0v) is 21.2. The van der Waals surface area contributed by atoms with Crippen molar-refractivity contribution in [3.8, 4) is 0 Å². The summed E-state index contributed by atoms with van der Waals surface area (Å²) in [7, 11) is -3.85. The van der Waals surface area contributed by atoms with E-state index in [2.05, 4.69) is 21.8 Å². The number of halogens is 3. The number of anilines is 1. The van der Waals surface area contributed by atoms with Crippen LogP contribution in [-0.4, -0.2) is 74.0 Å². The maximum absolute atomic E-state index is 12.4. The van der Waals surface area contributed by atoms with E-state index >= 15 is 0 Å². The lowest BCUT2D eigenvalue weighted by Crippen LogP contribution is -2.41. The van der Waals surface area contributed by atoms with Gasteiger partial charge in [-0.2, -0.15) is 13.2 Å². The number of nitrogens with zero attached hydrogens (tertiary/aromatic N) is 4. The van der Waals surface area contributed by atoms with Crippen molar-refractivity contribution in [1.82, 2.24) is 14.3 Å². The van der Waals surface area contributed by atoms with Crippen molar-refractivity contribution in [2.45, 2.75) is 58.0 Å². The Kier molecular flexibility index (Phi) is 8.58. The van der Waals surface area contributed by atoms with Crippen molar-refractivity contribution in [3.05, 3.63) is 18.0 Å².